The predicted octanol–water partition coefficient (Wildman–Crippen LogP) is 4.73. The van der Waals surface area contributed by atoms with Gasteiger partial charge >= 0.3 is 0 Å². The maximum atomic E-state index is 10.3. The zero-order valence-electron chi connectivity index (χ0n) is 11.5. The van der Waals surface area contributed by atoms with Gasteiger partial charge in [-0.15, -0.1) is 0 Å². The second-order valence-corrected chi connectivity index (χ2v) is 5.85. The molecule has 20 heavy (non-hydrogen) atoms. The van der Waals surface area contributed by atoms with E-state index in [1.807, 2.05) is 36.4 Å². The van der Waals surface area contributed by atoms with Gasteiger partial charge in [-0.2, -0.15) is 0 Å². The highest BCUT2D eigenvalue weighted by Gasteiger charge is 1.96. The van der Waals surface area contributed by atoms with Crippen LogP contribution in [0.25, 0.3) is 0 Å². The molecule has 2 rings (SSSR count). The Morgan fingerprint density at radius 3 is 1.55 bits per heavy atom. The van der Waals surface area contributed by atoms with E-state index in [-0.39, 0.29) is 0 Å². The van der Waals surface area contributed by atoms with Crippen molar-refractivity contribution in [3.05, 3.63) is 68.8 Å². The number of carbonyl (C=O) groups excluding carboxylic acids is 2. The molecule has 0 aromatic heterocycles. The van der Waals surface area contributed by atoms with Crippen LogP contribution in [0.4, 0.5) is 0 Å². The lowest BCUT2D eigenvalue weighted by Gasteiger charge is -2.03. The molecule has 2 nitrogen and oxygen atoms in total. The van der Waals surface area contributed by atoms with E-state index < -0.39 is 0 Å². The Hall–Kier alpha value is -1.49. The lowest BCUT2D eigenvalue weighted by molar-refractivity contribution is 0.111. The summed E-state index contributed by atoms with van der Waals surface area (Å²) in [6.07, 6.45) is 1.71. The van der Waals surface area contributed by atoms with Gasteiger partial charge in [0.2, 0.25) is 0 Å². The van der Waals surface area contributed by atoms with Gasteiger partial charge in [0.15, 0.2) is 0 Å². The van der Waals surface area contributed by atoms with Crippen LogP contribution in [0.15, 0.2) is 48.5 Å². The number of carbonyl (C=O) groups is 2. The molecule has 0 radical (unpaired) electrons. The molecule has 0 aliphatic rings. The lowest BCUT2D eigenvalue weighted by Crippen LogP contribution is -1.87. The van der Waals surface area contributed by atoms with Gasteiger partial charge in [0.05, 0.1) is 0 Å². The van der Waals surface area contributed by atoms with E-state index in [1.165, 1.54) is 5.56 Å². The van der Waals surface area contributed by atoms with Crippen molar-refractivity contribution in [3.63, 3.8) is 0 Å². The fraction of sp³-hybridized carbons (Fsp3) is 0.176. The largest absolute Gasteiger partial charge is 0.298 e. The molecule has 0 saturated heterocycles. The summed E-state index contributed by atoms with van der Waals surface area (Å²) in [5, 5.41) is 0. The van der Waals surface area contributed by atoms with E-state index in [9.17, 15) is 9.59 Å². The Labute approximate surface area is 133 Å². The number of hydrogen-bond acceptors (Lipinski definition) is 2. The Bertz CT molecular complexity index is 542. The first kappa shape index (κ1) is 16.6. The summed E-state index contributed by atoms with van der Waals surface area (Å²) in [4.78, 5) is 20.4. The third-order valence-electron chi connectivity index (χ3n) is 2.75. The summed E-state index contributed by atoms with van der Waals surface area (Å²) in [5.74, 6) is 0.538. The van der Waals surface area contributed by atoms with Crippen molar-refractivity contribution in [2.75, 3.05) is 0 Å². The highest BCUT2D eigenvalue weighted by molar-refractivity contribution is 14.1. The van der Waals surface area contributed by atoms with Crippen molar-refractivity contribution in [3.8, 4) is 0 Å². The molecule has 0 unspecified atom stereocenters. The minimum Gasteiger partial charge on any atom is -0.298 e. The molecule has 0 bridgehead atoms. The van der Waals surface area contributed by atoms with Crippen LogP contribution in [0.3, 0.4) is 0 Å². The quantitative estimate of drug-likeness (QED) is 0.570. The van der Waals surface area contributed by atoms with Gasteiger partial charge in [-0.1, -0.05) is 50.2 Å². The van der Waals surface area contributed by atoms with Gasteiger partial charge in [-0.25, -0.2) is 0 Å². The van der Waals surface area contributed by atoms with Crippen LogP contribution in [0, 0.1) is 3.57 Å². The molecule has 2 aromatic rings. The minimum absolute atomic E-state index is 0.538. The zero-order valence-corrected chi connectivity index (χ0v) is 13.7. The van der Waals surface area contributed by atoms with E-state index in [0.717, 1.165) is 27.3 Å². The first-order chi connectivity index (χ1) is 9.56. The van der Waals surface area contributed by atoms with Crippen molar-refractivity contribution in [1.82, 2.24) is 0 Å². The Kier molecular flexibility index (Phi) is 7.15. The third kappa shape index (κ3) is 5.65. The summed E-state index contributed by atoms with van der Waals surface area (Å²) >= 11 is 2.20. The molecule has 0 N–H and O–H groups in total. The molecule has 0 amide bonds. The highest BCUT2D eigenvalue weighted by atomic mass is 127. The van der Waals surface area contributed by atoms with Crippen LogP contribution >= 0.6 is 22.6 Å². The topological polar surface area (TPSA) is 34.1 Å². The van der Waals surface area contributed by atoms with Gasteiger partial charge in [0.25, 0.3) is 0 Å². The van der Waals surface area contributed by atoms with E-state index in [1.54, 1.807) is 12.1 Å². The van der Waals surface area contributed by atoms with Gasteiger partial charge in [0.1, 0.15) is 12.6 Å². The summed E-state index contributed by atoms with van der Waals surface area (Å²) < 4.78 is 1.15. The van der Waals surface area contributed by atoms with Gasteiger partial charge in [-0.05, 0) is 46.2 Å². The molecular formula is C17H17IO2. The smallest absolute Gasteiger partial charge is 0.150 e. The molecule has 0 heterocycles. The van der Waals surface area contributed by atoms with Crippen molar-refractivity contribution >= 4 is 35.2 Å². The van der Waals surface area contributed by atoms with Crippen molar-refractivity contribution in [1.29, 1.82) is 0 Å². The van der Waals surface area contributed by atoms with Crippen LogP contribution in [-0.4, -0.2) is 12.6 Å². The molecule has 2 aromatic carbocycles. The average molecular weight is 380 g/mol. The van der Waals surface area contributed by atoms with Gasteiger partial charge < -0.3 is 0 Å². The van der Waals surface area contributed by atoms with Crippen LogP contribution in [0.1, 0.15) is 46.0 Å². The molecule has 0 aliphatic carbocycles. The fourth-order valence-corrected chi connectivity index (χ4v) is 1.86. The van der Waals surface area contributed by atoms with E-state index in [0.29, 0.717) is 5.92 Å². The molecule has 0 spiro atoms. The number of benzene rings is 2. The van der Waals surface area contributed by atoms with Crippen LogP contribution < -0.4 is 0 Å². The molecule has 3 heteroatoms. The van der Waals surface area contributed by atoms with Crippen molar-refractivity contribution in [2.45, 2.75) is 19.8 Å². The van der Waals surface area contributed by atoms with Crippen molar-refractivity contribution < 1.29 is 9.59 Å². The first-order valence-electron chi connectivity index (χ1n) is 6.32. The Morgan fingerprint density at radius 2 is 1.20 bits per heavy atom. The zero-order chi connectivity index (χ0) is 15.0. The van der Waals surface area contributed by atoms with E-state index in [2.05, 4.69) is 36.4 Å². The van der Waals surface area contributed by atoms with Gasteiger partial charge in [-0.3, -0.25) is 9.59 Å². The SMILES string of the molecule is CC(C)c1ccc(C=O)cc1.O=Cc1ccc(I)cc1. The Morgan fingerprint density at radius 1 is 0.800 bits per heavy atom. The second kappa shape index (κ2) is 8.64. The third-order valence-corrected chi connectivity index (χ3v) is 3.46. The maximum Gasteiger partial charge on any atom is 0.150 e. The maximum absolute atomic E-state index is 10.3. The number of halogens is 1. The summed E-state index contributed by atoms with van der Waals surface area (Å²) in [6, 6.07) is 15.1. The molecule has 0 fully saturated rings. The molecule has 0 atom stereocenters. The van der Waals surface area contributed by atoms with Crippen molar-refractivity contribution in [2.24, 2.45) is 0 Å². The average Bonchev–Trinajstić information content (AvgIpc) is 2.49. The van der Waals surface area contributed by atoms with Crippen LogP contribution in [0.2, 0.25) is 0 Å². The summed E-state index contributed by atoms with van der Waals surface area (Å²) in [7, 11) is 0. The Balaban J connectivity index is 0.000000204. The predicted molar refractivity (Wildman–Crippen MR) is 90.5 cm³/mol. The molecule has 0 aliphatic heterocycles. The second-order valence-electron chi connectivity index (χ2n) is 4.61. The normalized spacial score (nSPS) is 9.60. The number of hydrogen-bond donors (Lipinski definition) is 0. The minimum atomic E-state index is 0.538. The highest BCUT2D eigenvalue weighted by Crippen LogP contribution is 2.13. The first-order valence-corrected chi connectivity index (χ1v) is 7.40. The summed E-state index contributed by atoms with van der Waals surface area (Å²) in [5.41, 5.74) is 2.75. The standard InChI is InChI=1S/C10H12O.C7H5IO/c1-8(2)10-5-3-9(7-11)4-6-10;8-7-3-1-6(5-9)2-4-7/h3-8H,1-2H3;1-5H. The molecule has 0 saturated carbocycles. The van der Waals surface area contributed by atoms with Crippen LogP contribution in [0.5, 0.6) is 0 Å². The number of rotatable bonds is 3. The van der Waals surface area contributed by atoms with E-state index >= 15 is 0 Å². The summed E-state index contributed by atoms with van der Waals surface area (Å²) in [6.45, 7) is 4.27. The monoisotopic (exact) mass is 380 g/mol. The van der Waals surface area contributed by atoms with E-state index in [4.69, 9.17) is 0 Å². The van der Waals surface area contributed by atoms with Crippen LogP contribution in [-0.2, 0) is 0 Å². The lowest BCUT2D eigenvalue weighted by atomic mass is 10.0. The molecular weight excluding hydrogens is 363 g/mol. The fourth-order valence-electron chi connectivity index (χ4n) is 1.50. The van der Waals surface area contributed by atoms with Gasteiger partial charge in [0, 0.05) is 14.7 Å². The number of aldehydes is 2. The molecule has 104 valence electrons.